The van der Waals surface area contributed by atoms with Crippen LogP contribution in [-0.2, 0) is 9.59 Å². The van der Waals surface area contributed by atoms with Crippen molar-refractivity contribution in [3.05, 3.63) is 24.3 Å². The van der Waals surface area contributed by atoms with Gasteiger partial charge >= 0.3 is 0 Å². The van der Waals surface area contributed by atoms with E-state index in [9.17, 15) is 9.59 Å². The van der Waals surface area contributed by atoms with Gasteiger partial charge in [-0.2, -0.15) is 0 Å². The molecule has 1 aliphatic heterocycles. The molecule has 6 nitrogen and oxygen atoms in total. The third-order valence-electron chi connectivity index (χ3n) is 3.18. The first-order valence-corrected chi connectivity index (χ1v) is 6.64. The minimum Gasteiger partial charge on any atom is -0.484 e. The molecule has 3 N–H and O–H groups in total. The van der Waals surface area contributed by atoms with Gasteiger partial charge in [-0.25, -0.2) is 0 Å². The van der Waals surface area contributed by atoms with Crippen molar-refractivity contribution in [2.75, 3.05) is 32.1 Å². The summed E-state index contributed by atoms with van der Waals surface area (Å²) in [5, 5.41) is 8.50. The van der Waals surface area contributed by atoms with Gasteiger partial charge in [0.05, 0.1) is 5.92 Å². The lowest BCUT2D eigenvalue weighted by molar-refractivity contribution is -0.122. The van der Waals surface area contributed by atoms with Crippen molar-refractivity contribution in [3.8, 4) is 5.75 Å². The topological polar surface area (TPSA) is 79.5 Å². The molecule has 0 aliphatic carbocycles. The van der Waals surface area contributed by atoms with Crippen molar-refractivity contribution in [3.63, 3.8) is 0 Å². The van der Waals surface area contributed by atoms with E-state index in [4.69, 9.17) is 4.74 Å². The molecule has 0 aromatic heterocycles. The van der Waals surface area contributed by atoms with Crippen LogP contribution in [0.3, 0.4) is 0 Å². The molecule has 2 amide bonds. The normalized spacial score (nSPS) is 17.6. The third kappa shape index (κ3) is 3.96. The van der Waals surface area contributed by atoms with Crippen molar-refractivity contribution in [2.45, 2.75) is 6.42 Å². The second-order valence-electron chi connectivity index (χ2n) is 4.67. The van der Waals surface area contributed by atoms with Crippen LogP contribution in [0.25, 0.3) is 0 Å². The van der Waals surface area contributed by atoms with Crippen molar-refractivity contribution < 1.29 is 14.3 Å². The SMILES string of the molecule is CNC(=O)COc1cccc(NC(=O)C2CCNC2)c1. The summed E-state index contributed by atoms with van der Waals surface area (Å²) in [5.41, 5.74) is 0.677. The molecule has 0 radical (unpaired) electrons. The largest absolute Gasteiger partial charge is 0.484 e. The van der Waals surface area contributed by atoms with Gasteiger partial charge in [-0.3, -0.25) is 9.59 Å². The zero-order valence-electron chi connectivity index (χ0n) is 11.4. The Hall–Kier alpha value is -2.08. The standard InChI is InChI=1S/C14H19N3O3/c1-15-13(18)9-20-12-4-2-3-11(7-12)17-14(19)10-5-6-16-8-10/h2-4,7,10,16H,5-6,8-9H2,1H3,(H,15,18)(H,17,19). The van der Waals surface area contributed by atoms with E-state index in [-0.39, 0.29) is 24.3 Å². The molecule has 1 unspecified atom stereocenters. The van der Waals surface area contributed by atoms with E-state index in [1.807, 2.05) is 0 Å². The summed E-state index contributed by atoms with van der Waals surface area (Å²) in [4.78, 5) is 23.1. The van der Waals surface area contributed by atoms with E-state index in [0.29, 0.717) is 11.4 Å². The molecule has 108 valence electrons. The average Bonchev–Trinajstić information content (AvgIpc) is 2.99. The molecule has 6 heteroatoms. The molecule has 1 saturated heterocycles. The predicted octanol–water partition coefficient (Wildman–Crippen LogP) is 0.359. The van der Waals surface area contributed by atoms with Gasteiger partial charge in [0, 0.05) is 25.3 Å². The van der Waals surface area contributed by atoms with Crippen LogP contribution >= 0.6 is 0 Å². The number of likely N-dealkylation sites (N-methyl/N-ethyl adjacent to an activating group) is 1. The molecule has 1 aromatic carbocycles. The Morgan fingerprint density at radius 2 is 2.30 bits per heavy atom. The van der Waals surface area contributed by atoms with Crippen LogP contribution in [0.15, 0.2) is 24.3 Å². The van der Waals surface area contributed by atoms with Gasteiger partial charge in [0.25, 0.3) is 5.91 Å². The van der Waals surface area contributed by atoms with Crippen LogP contribution in [0.4, 0.5) is 5.69 Å². The number of amides is 2. The smallest absolute Gasteiger partial charge is 0.257 e. The average molecular weight is 277 g/mol. The summed E-state index contributed by atoms with van der Waals surface area (Å²) < 4.78 is 5.33. The van der Waals surface area contributed by atoms with Gasteiger partial charge in [0.15, 0.2) is 6.61 Å². The van der Waals surface area contributed by atoms with E-state index < -0.39 is 0 Å². The highest BCUT2D eigenvalue weighted by Gasteiger charge is 2.22. The Bertz CT molecular complexity index is 484. The summed E-state index contributed by atoms with van der Waals surface area (Å²) in [6, 6.07) is 7.04. The van der Waals surface area contributed by atoms with Crippen LogP contribution in [0.5, 0.6) is 5.75 Å². The second kappa shape index (κ2) is 6.91. The zero-order valence-corrected chi connectivity index (χ0v) is 11.4. The van der Waals surface area contributed by atoms with E-state index >= 15 is 0 Å². The maximum atomic E-state index is 12.0. The molecular weight excluding hydrogens is 258 g/mol. The molecule has 0 spiro atoms. The van der Waals surface area contributed by atoms with Gasteiger partial charge in [0.1, 0.15) is 5.75 Å². The second-order valence-corrected chi connectivity index (χ2v) is 4.67. The molecule has 20 heavy (non-hydrogen) atoms. The van der Waals surface area contributed by atoms with Crippen LogP contribution in [0, 0.1) is 5.92 Å². The lowest BCUT2D eigenvalue weighted by Crippen LogP contribution is -2.25. The van der Waals surface area contributed by atoms with E-state index in [1.165, 1.54) is 0 Å². The molecule has 1 aliphatic rings. The number of anilines is 1. The van der Waals surface area contributed by atoms with Crippen molar-refractivity contribution in [1.82, 2.24) is 10.6 Å². The van der Waals surface area contributed by atoms with Crippen LogP contribution < -0.4 is 20.7 Å². The number of hydrogen-bond acceptors (Lipinski definition) is 4. The van der Waals surface area contributed by atoms with Crippen molar-refractivity contribution in [2.24, 2.45) is 5.92 Å². The summed E-state index contributed by atoms with van der Waals surface area (Å²) in [5.74, 6) is 0.385. The minimum atomic E-state index is -0.198. The van der Waals surface area contributed by atoms with Crippen LogP contribution in [0.1, 0.15) is 6.42 Å². The number of rotatable bonds is 5. The fraction of sp³-hybridized carbons (Fsp3) is 0.429. The number of benzene rings is 1. The van der Waals surface area contributed by atoms with Gasteiger partial charge in [-0.05, 0) is 25.1 Å². The van der Waals surface area contributed by atoms with E-state index in [2.05, 4.69) is 16.0 Å². The Morgan fingerprint density at radius 3 is 3.00 bits per heavy atom. The lowest BCUT2D eigenvalue weighted by atomic mass is 10.1. The maximum absolute atomic E-state index is 12.0. The zero-order chi connectivity index (χ0) is 14.4. The molecular formula is C14H19N3O3. The van der Waals surface area contributed by atoms with Crippen molar-refractivity contribution >= 4 is 17.5 Å². The quantitative estimate of drug-likeness (QED) is 0.726. The fourth-order valence-electron chi connectivity index (χ4n) is 2.01. The Labute approximate surface area is 117 Å². The highest BCUT2D eigenvalue weighted by molar-refractivity contribution is 5.93. The molecule has 1 fully saturated rings. The number of carbonyl (C=O) groups excluding carboxylic acids is 2. The first kappa shape index (κ1) is 14.3. The highest BCUT2D eigenvalue weighted by Crippen LogP contribution is 2.19. The molecule has 0 bridgehead atoms. The monoisotopic (exact) mass is 277 g/mol. The van der Waals surface area contributed by atoms with E-state index in [1.54, 1.807) is 31.3 Å². The third-order valence-corrected chi connectivity index (χ3v) is 3.18. The molecule has 0 saturated carbocycles. The Kier molecular flexibility index (Phi) is 4.95. The molecule has 2 rings (SSSR count). The van der Waals surface area contributed by atoms with Crippen LogP contribution in [-0.4, -0.2) is 38.6 Å². The van der Waals surface area contributed by atoms with Gasteiger partial charge in [0.2, 0.25) is 5.91 Å². The van der Waals surface area contributed by atoms with Gasteiger partial charge in [-0.15, -0.1) is 0 Å². The predicted molar refractivity (Wildman–Crippen MR) is 75.6 cm³/mol. The summed E-state index contributed by atoms with van der Waals surface area (Å²) >= 11 is 0. The van der Waals surface area contributed by atoms with E-state index in [0.717, 1.165) is 19.5 Å². The van der Waals surface area contributed by atoms with Gasteiger partial charge in [-0.1, -0.05) is 6.07 Å². The molecule has 1 atom stereocenters. The van der Waals surface area contributed by atoms with Crippen molar-refractivity contribution in [1.29, 1.82) is 0 Å². The lowest BCUT2D eigenvalue weighted by Gasteiger charge is -2.11. The summed E-state index contributed by atoms with van der Waals surface area (Å²) in [6.07, 6.45) is 0.860. The molecule has 1 heterocycles. The first-order valence-electron chi connectivity index (χ1n) is 6.64. The maximum Gasteiger partial charge on any atom is 0.257 e. The first-order chi connectivity index (χ1) is 9.69. The molecule has 1 aromatic rings. The Morgan fingerprint density at radius 1 is 1.45 bits per heavy atom. The number of hydrogen-bond donors (Lipinski definition) is 3. The summed E-state index contributed by atoms with van der Waals surface area (Å²) in [6.45, 7) is 1.56. The number of nitrogens with one attached hydrogen (secondary N) is 3. The number of ether oxygens (including phenoxy) is 1. The summed E-state index contributed by atoms with van der Waals surface area (Å²) in [7, 11) is 1.55. The minimum absolute atomic E-state index is 0.0125. The fourth-order valence-corrected chi connectivity index (χ4v) is 2.01. The highest BCUT2D eigenvalue weighted by atomic mass is 16.5. The van der Waals surface area contributed by atoms with Gasteiger partial charge < -0.3 is 20.7 Å². The Balaban J connectivity index is 1.91. The number of carbonyl (C=O) groups is 2. The van der Waals surface area contributed by atoms with Crippen LogP contribution in [0.2, 0.25) is 0 Å².